The summed E-state index contributed by atoms with van der Waals surface area (Å²) in [5.74, 6) is 3.74. The standard InChI is InChI=1S/C78H54N8/c1-3-4-8-21-52(2)73-80-74(53-22-9-5-10-23-53)83-77(81-73)67-37-18-34-62(48-67)58-30-15-28-56(44-58)57-29-17-33-61(46-57)65-42-43-71-66(47-65)40-41-69-51-79-86(72(69)71)70-39-20-36-64(50-70)60-32-16-31-59(45-60)63-35-19-38-68(49-63)78-84-75(54-24-11-6-12-25-54)82-76(85-78)55-26-13-7-14-27-55/h3-51H,1H2,2H3/b8-4-,52-21+. The maximum absolute atomic E-state index is 5.00. The van der Waals surface area contributed by atoms with Crippen molar-refractivity contribution < 1.29 is 0 Å². The van der Waals surface area contributed by atoms with E-state index in [0.717, 1.165) is 116 Å². The molecular formula is C78H54N8. The first kappa shape index (κ1) is 52.5. The second kappa shape index (κ2) is 23.3. The summed E-state index contributed by atoms with van der Waals surface area (Å²) in [5.41, 5.74) is 18.6. The first-order chi connectivity index (χ1) is 42.4. The summed E-state index contributed by atoms with van der Waals surface area (Å²) < 4.78 is 2.08. The van der Waals surface area contributed by atoms with Crippen LogP contribution in [0.1, 0.15) is 12.7 Å². The summed E-state index contributed by atoms with van der Waals surface area (Å²) in [6.45, 7) is 5.82. The van der Waals surface area contributed by atoms with E-state index in [4.69, 9.17) is 35.0 Å². The highest BCUT2D eigenvalue weighted by Gasteiger charge is 2.17. The van der Waals surface area contributed by atoms with Gasteiger partial charge in [0.25, 0.3) is 0 Å². The first-order valence-electron chi connectivity index (χ1n) is 28.6. The number of hydrogen-bond donors (Lipinski definition) is 0. The van der Waals surface area contributed by atoms with Crippen LogP contribution >= 0.6 is 0 Å². The van der Waals surface area contributed by atoms with Crippen molar-refractivity contribution in [2.45, 2.75) is 6.92 Å². The van der Waals surface area contributed by atoms with Gasteiger partial charge in [-0.3, -0.25) is 0 Å². The van der Waals surface area contributed by atoms with Crippen molar-refractivity contribution in [3.8, 4) is 118 Å². The zero-order valence-corrected chi connectivity index (χ0v) is 47.1. The van der Waals surface area contributed by atoms with Crippen LogP contribution < -0.4 is 0 Å². The van der Waals surface area contributed by atoms with Gasteiger partial charge in [0.2, 0.25) is 0 Å². The van der Waals surface area contributed by atoms with Gasteiger partial charge in [0, 0.05) is 38.6 Å². The second-order valence-electron chi connectivity index (χ2n) is 21.1. The Morgan fingerprint density at radius 2 is 0.686 bits per heavy atom. The summed E-state index contributed by atoms with van der Waals surface area (Å²) in [7, 11) is 0. The third-order valence-corrected chi connectivity index (χ3v) is 15.4. The van der Waals surface area contributed by atoms with E-state index in [9.17, 15) is 0 Å². The molecular weight excluding hydrogens is 1050 g/mol. The van der Waals surface area contributed by atoms with Gasteiger partial charge in [-0.2, -0.15) is 5.10 Å². The lowest BCUT2D eigenvalue weighted by Gasteiger charge is -2.12. The van der Waals surface area contributed by atoms with Crippen molar-refractivity contribution in [3.63, 3.8) is 0 Å². The smallest absolute Gasteiger partial charge is 0.164 e. The predicted molar refractivity (Wildman–Crippen MR) is 353 cm³/mol. The molecule has 86 heavy (non-hydrogen) atoms. The molecule has 0 spiro atoms. The van der Waals surface area contributed by atoms with Gasteiger partial charge in [0.05, 0.1) is 17.4 Å². The highest BCUT2D eigenvalue weighted by atomic mass is 15.3. The van der Waals surface area contributed by atoms with Crippen LogP contribution in [-0.2, 0) is 0 Å². The molecule has 0 radical (unpaired) electrons. The minimum absolute atomic E-state index is 0.613. The van der Waals surface area contributed by atoms with Crippen molar-refractivity contribution >= 4 is 27.2 Å². The normalized spacial score (nSPS) is 11.6. The van der Waals surface area contributed by atoms with Crippen molar-refractivity contribution in [1.29, 1.82) is 0 Å². The molecule has 0 aliphatic rings. The van der Waals surface area contributed by atoms with Crippen LogP contribution in [0.2, 0.25) is 0 Å². The molecule has 14 aromatic rings. The quantitative estimate of drug-likeness (QED) is 0.100. The van der Waals surface area contributed by atoms with Crippen LogP contribution in [0.15, 0.2) is 304 Å². The maximum atomic E-state index is 5.00. The third kappa shape index (κ3) is 10.9. The Labute approximate surface area is 499 Å². The Kier molecular flexibility index (Phi) is 14.2. The van der Waals surface area contributed by atoms with E-state index in [-0.39, 0.29) is 0 Å². The molecule has 3 heterocycles. The Morgan fingerprint density at radius 1 is 0.326 bits per heavy atom. The first-order valence-corrected chi connectivity index (χ1v) is 28.6. The largest absolute Gasteiger partial charge is 0.232 e. The number of fused-ring (bicyclic) bond motifs is 3. The van der Waals surface area contributed by atoms with Crippen LogP contribution in [0.4, 0.5) is 0 Å². The molecule has 406 valence electrons. The van der Waals surface area contributed by atoms with Crippen molar-refractivity contribution in [1.82, 2.24) is 39.7 Å². The lowest BCUT2D eigenvalue weighted by molar-refractivity contribution is 0.914. The van der Waals surface area contributed by atoms with E-state index in [0.29, 0.717) is 34.9 Å². The molecule has 0 N–H and O–H groups in total. The van der Waals surface area contributed by atoms with Crippen LogP contribution in [0, 0.1) is 0 Å². The van der Waals surface area contributed by atoms with Gasteiger partial charge in [0.15, 0.2) is 34.9 Å². The Hall–Kier alpha value is -11.6. The fraction of sp³-hybridized carbons (Fsp3) is 0.0128. The maximum Gasteiger partial charge on any atom is 0.164 e. The van der Waals surface area contributed by atoms with Gasteiger partial charge in [0.1, 0.15) is 0 Å². The molecule has 0 saturated heterocycles. The number of allylic oxidation sites excluding steroid dienone is 5. The molecule has 14 rings (SSSR count). The molecule has 0 aliphatic carbocycles. The zero-order chi connectivity index (χ0) is 57.8. The van der Waals surface area contributed by atoms with Gasteiger partial charge in [-0.15, -0.1) is 0 Å². The molecule has 0 atom stereocenters. The summed E-state index contributed by atoms with van der Waals surface area (Å²) >= 11 is 0. The van der Waals surface area contributed by atoms with Crippen molar-refractivity contribution in [2.24, 2.45) is 0 Å². The Bertz CT molecular complexity index is 4850. The monoisotopic (exact) mass is 1100 g/mol. The van der Waals surface area contributed by atoms with Gasteiger partial charge in [-0.25, -0.2) is 34.6 Å². The summed E-state index contributed by atoms with van der Waals surface area (Å²) in [4.78, 5) is 29.8. The molecule has 8 heteroatoms. The fourth-order valence-corrected chi connectivity index (χ4v) is 11.0. The minimum Gasteiger partial charge on any atom is -0.232 e. The van der Waals surface area contributed by atoms with E-state index >= 15 is 0 Å². The third-order valence-electron chi connectivity index (χ3n) is 15.4. The molecule has 0 aliphatic heterocycles. The average Bonchev–Trinajstić information content (AvgIpc) is 2.17. The molecule has 3 aromatic heterocycles. The summed E-state index contributed by atoms with van der Waals surface area (Å²) in [5, 5.41) is 8.34. The molecule has 0 saturated carbocycles. The molecule has 0 unspecified atom stereocenters. The SMILES string of the molecule is C=C/C=C\C=C(/C)c1nc(-c2ccccc2)nc(-c2cccc(-c3cccc(-c4cccc(-c5ccc6c(ccc7cnn(-c8cccc(-c9cccc(-c%10cccc(-c%11nc(-c%12ccccc%12)nc(-c%12ccccc%12)n%11)c%10)c9)c8)c76)c5)c4)c3)c2)n1. The Morgan fingerprint density at radius 3 is 1.15 bits per heavy atom. The minimum atomic E-state index is 0.613. The highest BCUT2D eigenvalue weighted by Crippen LogP contribution is 2.37. The van der Waals surface area contributed by atoms with Crippen LogP contribution in [0.3, 0.4) is 0 Å². The van der Waals surface area contributed by atoms with E-state index in [2.05, 4.69) is 187 Å². The van der Waals surface area contributed by atoms with E-state index in [1.165, 1.54) is 0 Å². The van der Waals surface area contributed by atoms with Crippen LogP contribution in [-0.4, -0.2) is 39.7 Å². The zero-order valence-electron chi connectivity index (χ0n) is 47.1. The number of benzene rings is 11. The topological polar surface area (TPSA) is 95.2 Å². The van der Waals surface area contributed by atoms with Gasteiger partial charge in [-0.1, -0.05) is 249 Å². The highest BCUT2D eigenvalue weighted by molar-refractivity contribution is 6.07. The van der Waals surface area contributed by atoms with E-state index < -0.39 is 0 Å². The lowest BCUT2D eigenvalue weighted by atomic mass is 9.94. The average molecular weight is 1100 g/mol. The van der Waals surface area contributed by atoms with Gasteiger partial charge < -0.3 is 0 Å². The van der Waals surface area contributed by atoms with Crippen molar-refractivity contribution in [2.75, 3.05) is 0 Å². The van der Waals surface area contributed by atoms with Gasteiger partial charge in [-0.05, 0) is 122 Å². The van der Waals surface area contributed by atoms with Crippen LogP contribution in [0.5, 0.6) is 0 Å². The summed E-state index contributed by atoms with van der Waals surface area (Å²) in [6.07, 6.45) is 9.54. The fourth-order valence-electron chi connectivity index (χ4n) is 11.0. The van der Waals surface area contributed by atoms with E-state index in [1.54, 1.807) is 6.08 Å². The predicted octanol–water partition coefficient (Wildman–Crippen LogP) is 19.4. The molecule has 8 nitrogen and oxygen atoms in total. The number of nitrogens with zero attached hydrogens (tertiary/aromatic N) is 8. The lowest BCUT2D eigenvalue weighted by Crippen LogP contribution is -2.02. The summed E-state index contributed by atoms with van der Waals surface area (Å²) in [6, 6.07) is 93.1. The molecule has 0 fully saturated rings. The Balaban J connectivity index is 0.734. The number of aromatic nitrogens is 8. The molecule has 0 amide bonds. The van der Waals surface area contributed by atoms with Crippen LogP contribution in [0.25, 0.3) is 146 Å². The number of hydrogen-bond acceptors (Lipinski definition) is 7. The molecule has 11 aromatic carbocycles. The second-order valence-corrected chi connectivity index (χ2v) is 21.1. The van der Waals surface area contributed by atoms with Gasteiger partial charge >= 0.3 is 0 Å². The molecule has 0 bridgehead atoms. The van der Waals surface area contributed by atoms with Crippen molar-refractivity contribution in [3.05, 3.63) is 310 Å². The number of rotatable bonds is 14. The van der Waals surface area contributed by atoms with E-state index in [1.807, 2.05) is 122 Å².